The predicted molar refractivity (Wildman–Crippen MR) is 98.8 cm³/mol. The van der Waals surface area contributed by atoms with E-state index in [1.54, 1.807) is 16.7 Å². The van der Waals surface area contributed by atoms with Gasteiger partial charge in [-0.3, -0.25) is 0 Å². The summed E-state index contributed by atoms with van der Waals surface area (Å²) in [5.74, 6) is 4.34. The van der Waals surface area contributed by atoms with Crippen LogP contribution in [0.1, 0.15) is 68.1 Å². The van der Waals surface area contributed by atoms with Crippen LogP contribution in [0.15, 0.2) is 18.2 Å². The highest BCUT2D eigenvalue weighted by atomic mass is 32.2. The summed E-state index contributed by atoms with van der Waals surface area (Å²) in [5.41, 5.74) is 10.9. The molecule has 1 saturated carbocycles. The Labute approximate surface area is 140 Å². The van der Waals surface area contributed by atoms with Crippen LogP contribution in [0.4, 0.5) is 0 Å². The van der Waals surface area contributed by atoms with Crippen LogP contribution >= 0.6 is 11.8 Å². The van der Waals surface area contributed by atoms with E-state index in [9.17, 15) is 0 Å². The molecule has 0 spiro atoms. The molecule has 122 valence electrons. The minimum absolute atomic E-state index is 0.436. The van der Waals surface area contributed by atoms with E-state index >= 15 is 0 Å². The van der Waals surface area contributed by atoms with Crippen molar-refractivity contribution in [2.24, 2.45) is 11.7 Å². The highest BCUT2D eigenvalue weighted by Gasteiger charge is 2.25. The summed E-state index contributed by atoms with van der Waals surface area (Å²) in [6.45, 7) is 2.28. The molecule has 0 aromatic heterocycles. The van der Waals surface area contributed by atoms with Crippen molar-refractivity contribution in [2.75, 3.05) is 11.5 Å². The van der Waals surface area contributed by atoms with Gasteiger partial charge in [0.25, 0.3) is 0 Å². The molecule has 0 amide bonds. The molecule has 0 radical (unpaired) electrons. The fourth-order valence-corrected chi connectivity index (χ4v) is 5.34. The first kappa shape index (κ1) is 16.4. The van der Waals surface area contributed by atoms with E-state index in [4.69, 9.17) is 5.73 Å². The van der Waals surface area contributed by atoms with Gasteiger partial charge in [-0.15, -0.1) is 0 Å². The molecule has 2 heteroatoms. The number of unbranched alkanes of at least 4 members (excludes halogenated alkanes) is 1. The Hall–Kier alpha value is -0.470. The molecule has 2 unspecified atom stereocenters. The van der Waals surface area contributed by atoms with E-state index in [0.717, 1.165) is 11.8 Å². The van der Waals surface area contributed by atoms with Gasteiger partial charge in [0.2, 0.25) is 0 Å². The molecule has 2 aliphatic rings. The van der Waals surface area contributed by atoms with Crippen molar-refractivity contribution in [2.45, 2.75) is 70.3 Å². The summed E-state index contributed by atoms with van der Waals surface area (Å²) >= 11 is 2.17. The molecule has 0 heterocycles. The molecule has 1 fully saturated rings. The third kappa shape index (κ3) is 4.08. The lowest BCUT2D eigenvalue weighted by Crippen LogP contribution is -2.17. The van der Waals surface area contributed by atoms with Crippen LogP contribution < -0.4 is 5.73 Å². The number of hydrogen-bond acceptors (Lipinski definition) is 2. The lowest BCUT2D eigenvalue weighted by molar-refractivity contribution is 0.508. The zero-order valence-corrected chi connectivity index (χ0v) is 14.8. The number of aryl methyl sites for hydroxylation is 1. The Balaban J connectivity index is 1.57. The maximum Gasteiger partial charge on any atom is 0.00448 e. The molecular weight excluding hydrogens is 286 g/mol. The number of rotatable bonds is 6. The van der Waals surface area contributed by atoms with Gasteiger partial charge in [0.15, 0.2) is 0 Å². The van der Waals surface area contributed by atoms with Gasteiger partial charge in [0, 0.05) is 6.04 Å². The van der Waals surface area contributed by atoms with Crippen LogP contribution in [0.5, 0.6) is 0 Å². The predicted octanol–water partition coefficient (Wildman–Crippen LogP) is 4.92. The molecule has 3 atom stereocenters. The summed E-state index contributed by atoms with van der Waals surface area (Å²) in [6, 6.07) is 7.77. The van der Waals surface area contributed by atoms with Crippen molar-refractivity contribution in [1.82, 2.24) is 0 Å². The fraction of sp³-hybridized carbons (Fsp3) is 0.700. The summed E-state index contributed by atoms with van der Waals surface area (Å²) in [6.07, 6.45) is 10.4. The Morgan fingerprint density at radius 2 is 2.09 bits per heavy atom. The monoisotopic (exact) mass is 317 g/mol. The van der Waals surface area contributed by atoms with Crippen molar-refractivity contribution >= 4 is 11.8 Å². The van der Waals surface area contributed by atoms with Crippen LogP contribution in [0.2, 0.25) is 0 Å². The van der Waals surface area contributed by atoms with Crippen molar-refractivity contribution in [3.63, 3.8) is 0 Å². The first-order valence-electron chi connectivity index (χ1n) is 9.21. The first-order chi connectivity index (χ1) is 10.8. The standard InChI is InChI=1S/C20H31NS/c1-2-3-10-22-14-15-4-5-17-12-18(7-6-16(17)11-15)19-8-9-20(21)13-19/h6-7,12,15,19-20H,2-5,8-11,13-14,21H2,1H3/t15-,19?,20?/m0/s1. The SMILES string of the molecule is CCCCSC[C@H]1CCc2cc(C3CCC(N)C3)ccc2C1. The summed E-state index contributed by atoms with van der Waals surface area (Å²) < 4.78 is 0. The summed E-state index contributed by atoms with van der Waals surface area (Å²) in [5, 5.41) is 0. The van der Waals surface area contributed by atoms with Gasteiger partial charge in [-0.2, -0.15) is 11.8 Å². The highest BCUT2D eigenvalue weighted by Crippen LogP contribution is 2.36. The average Bonchev–Trinajstić information content (AvgIpc) is 2.97. The zero-order valence-electron chi connectivity index (χ0n) is 14.0. The summed E-state index contributed by atoms with van der Waals surface area (Å²) in [7, 11) is 0. The normalized spacial score (nSPS) is 27.8. The van der Waals surface area contributed by atoms with Gasteiger partial charge in [-0.05, 0) is 85.0 Å². The second-order valence-electron chi connectivity index (χ2n) is 7.34. The molecule has 3 rings (SSSR count). The van der Waals surface area contributed by atoms with Crippen LogP contribution in [0.25, 0.3) is 0 Å². The van der Waals surface area contributed by atoms with E-state index in [2.05, 4.69) is 36.9 Å². The molecule has 1 nitrogen and oxygen atoms in total. The Kier molecular flexibility index (Phi) is 5.87. The van der Waals surface area contributed by atoms with Crippen molar-refractivity contribution in [3.05, 3.63) is 34.9 Å². The number of benzene rings is 1. The minimum Gasteiger partial charge on any atom is -0.328 e. The van der Waals surface area contributed by atoms with Gasteiger partial charge >= 0.3 is 0 Å². The highest BCUT2D eigenvalue weighted by molar-refractivity contribution is 7.99. The molecule has 0 aliphatic heterocycles. The van der Waals surface area contributed by atoms with E-state index in [1.165, 1.54) is 62.9 Å². The lowest BCUT2D eigenvalue weighted by atomic mass is 9.82. The largest absolute Gasteiger partial charge is 0.328 e. The zero-order chi connectivity index (χ0) is 15.4. The van der Waals surface area contributed by atoms with Gasteiger partial charge in [0.1, 0.15) is 0 Å². The third-order valence-corrected chi connectivity index (χ3v) is 6.79. The maximum absolute atomic E-state index is 6.08. The third-order valence-electron chi connectivity index (χ3n) is 5.50. The molecule has 0 bridgehead atoms. The number of hydrogen-bond donors (Lipinski definition) is 1. The minimum atomic E-state index is 0.436. The van der Waals surface area contributed by atoms with Crippen molar-refractivity contribution < 1.29 is 0 Å². The molecule has 0 saturated heterocycles. The molecule has 2 N–H and O–H groups in total. The van der Waals surface area contributed by atoms with E-state index in [0.29, 0.717) is 6.04 Å². The Morgan fingerprint density at radius 1 is 1.18 bits per heavy atom. The van der Waals surface area contributed by atoms with E-state index in [1.807, 2.05) is 0 Å². The van der Waals surface area contributed by atoms with Gasteiger partial charge < -0.3 is 5.73 Å². The number of nitrogens with two attached hydrogens (primary N) is 1. The van der Waals surface area contributed by atoms with Gasteiger partial charge in [0.05, 0.1) is 0 Å². The van der Waals surface area contributed by atoms with Crippen LogP contribution in [0, 0.1) is 5.92 Å². The Morgan fingerprint density at radius 3 is 2.86 bits per heavy atom. The number of fused-ring (bicyclic) bond motifs is 1. The smallest absolute Gasteiger partial charge is 0.00448 e. The van der Waals surface area contributed by atoms with Crippen molar-refractivity contribution in [1.29, 1.82) is 0 Å². The second-order valence-corrected chi connectivity index (χ2v) is 8.49. The molecule has 22 heavy (non-hydrogen) atoms. The maximum atomic E-state index is 6.08. The lowest BCUT2D eigenvalue weighted by Gasteiger charge is -2.25. The molecule has 2 aliphatic carbocycles. The topological polar surface area (TPSA) is 26.0 Å². The average molecular weight is 318 g/mol. The quantitative estimate of drug-likeness (QED) is 0.754. The molecule has 1 aromatic rings. The summed E-state index contributed by atoms with van der Waals surface area (Å²) in [4.78, 5) is 0. The van der Waals surface area contributed by atoms with Crippen LogP contribution in [-0.2, 0) is 12.8 Å². The van der Waals surface area contributed by atoms with E-state index in [-0.39, 0.29) is 0 Å². The molecule has 1 aromatic carbocycles. The second kappa shape index (κ2) is 7.88. The van der Waals surface area contributed by atoms with E-state index < -0.39 is 0 Å². The number of thioether (sulfide) groups is 1. The molecular formula is C20H31NS. The fourth-order valence-electron chi connectivity index (χ4n) is 4.06. The van der Waals surface area contributed by atoms with Crippen molar-refractivity contribution in [3.8, 4) is 0 Å². The first-order valence-corrected chi connectivity index (χ1v) is 10.4. The van der Waals surface area contributed by atoms with Gasteiger partial charge in [-0.1, -0.05) is 31.5 Å². The van der Waals surface area contributed by atoms with Crippen LogP contribution in [-0.4, -0.2) is 17.5 Å². The Bertz CT molecular complexity index is 485. The van der Waals surface area contributed by atoms with Gasteiger partial charge in [-0.25, -0.2) is 0 Å². The van der Waals surface area contributed by atoms with Crippen LogP contribution in [0.3, 0.4) is 0 Å².